The molecule has 0 aromatic heterocycles. The Labute approximate surface area is 130 Å². The summed E-state index contributed by atoms with van der Waals surface area (Å²) in [5.41, 5.74) is 3.18. The third-order valence-electron chi connectivity index (χ3n) is 4.16. The second kappa shape index (κ2) is 5.30. The highest BCUT2D eigenvalue weighted by Crippen LogP contribution is 2.55. The van der Waals surface area contributed by atoms with Crippen LogP contribution in [0.4, 0.5) is 0 Å². The van der Waals surface area contributed by atoms with Gasteiger partial charge in [0.05, 0.1) is 11.5 Å². The van der Waals surface area contributed by atoms with E-state index in [-0.39, 0.29) is 0 Å². The minimum atomic E-state index is -2.92. The van der Waals surface area contributed by atoms with Gasteiger partial charge >= 0.3 is 0 Å². The van der Waals surface area contributed by atoms with Gasteiger partial charge in [-0.2, -0.15) is 0 Å². The summed E-state index contributed by atoms with van der Waals surface area (Å²) >= 11 is 0. The summed E-state index contributed by atoms with van der Waals surface area (Å²) in [6.45, 7) is 0. The maximum absolute atomic E-state index is 13.6. The Balaban J connectivity index is 1.83. The topological polar surface area (TPSA) is 26.3 Å². The van der Waals surface area contributed by atoms with Gasteiger partial charge in [-0.05, 0) is 36.1 Å². The molecule has 0 radical (unpaired) electrons. The minimum absolute atomic E-state index is 0.467. The zero-order chi connectivity index (χ0) is 15.0. The van der Waals surface area contributed by atoms with Gasteiger partial charge in [0, 0.05) is 5.56 Å². The second-order valence-electron chi connectivity index (χ2n) is 5.69. The summed E-state index contributed by atoms with van der Waals surface area (Å²) in [7, 11) is -2.92. The van der Waals surface area contributed by atoms with Crippen LogP contribution in [0.3, 0.4) is 0 Å². The fraction of sp³-hybridized carbons (Fsp3) is 0.158. The first-order valence-electron chi connectivity index (χ1n) is 7.59. The van der Waals surface area contributed by atoms with Crippen LogP contribution in [0.2, 0.25) is 0 Å². The molecule has 3 heteroatoms. The number of benzene rings is 2. The Morgan fingerprint density at radius 3 is 2.55 bits per heavy atom. The average molecular weight is 308 g/mol. The number of hydrogen-bond acceptors (Lipinski definition) is 2. The van der Waals surface area contributed by atoms with E-state index in [2.05, 4.69) is 18.2 Å². The Kier molecular flexibility index (Phi) is 3.28. The second-order valence-corrected chi connectivity index (χ2v) is 8.02. The number of fused-ring (bicyclic) bond motifs is 3. The molecule has 0 saturated heterocycles. The molecule has 1 heterocycles. The molecule has 0 N–H and O–H groups in total. The van der Waals surface area contributed by atoms with E-state index in [1.54, 1.807) is 0 Å². The Morgan fingerprint density at radius 1 is 0.955 bits per heavy atom. The molecule has 1 aliphatic carbocycles. The first kappa shape index (κ1) is 13.6. The molecular weight excluding hydrogens is 291 g/mol. The smallest absolute Gasteiger partial charge is 0.282 e. The van der Waals surface area contributed by atoms with Crippen molar-refractivity contribution >= 4 is 12.7 Å². The summed E-state index contributed by atoms with van der Waals surface area (Å²) in [6, 6.07) is 15.8. The highest BCUT2D eigenvalue weighted by Gasteiger charge is 2.36. The van der Waals surface area contributed by atoms with Gasteiger partial charge in [0.2, 0.25) is 0 Å². The van der Waals surface area contributed by atoms with Gasteiger partial charge in [-0.1, -0.05) is 54.6 Å². The maximum atomic E-state index is 13.6. The highest BCUT2D eigenvalue weighted by molar-refractivity contribution is 7.68. The number of allylic oxidation sites excluding steroid dienone is 4. The van der Waals surface area contributed by atoms with Crippen molar-refractivity contribution in [1.29, 1.82) is 0 Å². The van der Waals surface area contributed by atoms with E-state index in [0.29, 0.717) is 6.16 Å². The van der Waals surface area contributed by atoms with Gasteiger partial charge in [0.25, 0.3) is 7.37 Å². The third-order valence-corrected chi connectivity index (χ3v) is 6.55. The monoisotopic (exact) mass is 308 g/mol. The molecule has 0 amide bonds. The molecule has 1 atom stereocenters. The lowest BCUT2D eigenvalue weighted by atomic mass is 10.0. The highest BCUT2D eigenvalue weighted by atomic mass is 31.2. The molecule has 2 aromatic carbocycles. The predicted octanol–water partition coefficient (Wildman–Crippen LogP) is 4.93. The SMILES string of the molecule is O=P1(CC2=CCCC=C2)Oc2ccccc2-c2ccccc21. The van der Waals surface area contributed by atoms with Crippen LogP contribution in [-0.2, 0) is 4.57 Å². The summed E-state index contributed by atoms with van der Waals surface area (Å²) in [5, 5.41) is 0.841. The first-order chi connectivity index (χ1) is 10.8. The van der Waals surface area contributed by atoms with E-state index in [1.165, 1.54) is 0 Å². The Hall–Kier alpha value is -2.05. The number of hydrogen-bond donors (Lipinski definition) is 0. The maximum Gasteiger partial charge on any atom is 0.282 e. The fourth-order valence-electron chi connectivity index (χ4n) is 3.12. The van der Waals surface area contributed by atoms with Crippen LogP contribution in [0.5, 0.6) is 5.75 Å². The normalized spacial score (nSPS) is 22.3. The van der Waals surface area contributed by atoms with Crippen molar-refractivity contribution in [2.75, 3.05) is 6.16 Å². The molecule has 0 fully saturated rings. The third kappa shape index (κ3) is 2.24. The summed E-state index contributed by atoms with van der Waals surface area (Å²) in [4.78, 5) is 0. The van der Waals surface area contributed by atoms with Crippen molar-refractivity contribution in [3.63, 3.8) is 0 Å². The Morgan fingerprint density at radius 2 is 1.73 bits per heavy atom. The zero-order valence-electron chi connectivity index (χ0n) is 12.2. The lowest BCUT2D eigenvalue weighted by molar-refractivity contribution is 0.493. The van der Waals surface area contributed by atoms with Crippen molar-refractivity contribution in [2.24, 2.45) is 0 Å². The molecule has 0 saturated carbocycles. The van der Waals surface area contributed by atoms with Crippen LogP contribution in [0.15, 0.2) is 72.3 Å². The average Bonchev–Trinajstić information content (AvgIpc) is 2.56. The van der Waals surface area contributed by atoms with Gasteiger partial charge in [-0.3, -0.25) is 4.57 Å². The first-order valence-corrected chi connectivity index (χ1v) is 9.40. The fourth-order valence-corrected chi connectivity index (χ4v) is 5.52. The van der Waals surface area contributed by atoms with Crippen molar-refractivity contribution in [3.05, 3.63) is 72.3 Å². The van der Waals surface area contributed by atoms with Gasteiger partial charge in [-0.25, -0.2) is 0 Å². The van der Waals surface area contributed by atoms with E-state index >= 15 is 0 Å². The van der Waals surface area contributed by atoms with Gasteiger partial charge in [0.1, 0.15) is 5.75 Å². The van der Waals surface area contributed by atoms with Crippen LogP contribution in [-0.4, -0.2) is 6.16 Å². The summed E-state index contributed by atoms with van der Waals surface area (Å²) < 4.78 is 19.6. The van der Waals surface area contributed by atoms with Crippen molar-refractivity contribution in [2.45, 2.75) is 12.8 Å². The zero-order valence-corrected chi connectivity index (χ0v) is 13.1. The van der Waals surface area contributed by atoms with Gasteiger partial charge in [0.15, 0.2) is 0 Å². The lowest BCUT2D eigenvalue weighted by Gasteiger charge is -2.29. The standard InChI is InChI=1S/C19H17O2P/c20-22(14-15-8-2-1-3-9-15)19-13-7-5-11-17(19)16-10-4-6-12-18(16)21-22/h2,4-13H,1,3,14H2. The molecule has 2 nitrogen and oxygen atoms in total. The van der Waals surface area contributed by atoms with Gasteiger partial charge in [-0.15, -0.1) is 0 Å². The minimum Gasteiger partial charge on any atom is -0.439 e. The van der Waals surface area contributed by atoms with Crippen molar-refractivity contribution in [1.82, 2.24) is 0 Å². The lowest BCUT2D eigenvalue weighted by Crippen LogP contribution is -2.20. The quantitative estimate of drug-likeness (QED) is 0.736. The van der Waals surface area contributed by atoms with Crippen LogP contribution in [0.1, 0.15) is 12.8 Å². The van der Waals surface area contributed by atoms with E-state index in [9.17, 15) is 4.57 Å². The molecule has 0 bridgehead atoms. The van der Waals surface area contributed by atoms with E-state index < -0.39 is 7.37 Å². The Bertz CT molecular complexity index is 833. The molecule has 2 aromatic rings. The molecule has 110 valence electrons. The number of para-hydroxylation sites is 1. The van der Waals surface area contributed by atoms with E-state index in [4.69, 9.17) is 4.52 Å². The molecular formula is C19H17O2P. The van der Waals surface area contributed by atoms with Crippen LogP contribution >= 0.6 is 7.37 Å². The van der Waals surface area contributed by atoms with E-state index in [0.717, 1.165) is 40.6 Å². The number of rotatable bonds is 2. The molecule has 2 aliphatic rings. The molecule has 22 heavy (non-hydrogen) atoms. The van der Waals surface area contributed by atoms with Gasteiger partial charge < -0.3 is 4.52 Å². The molecule has 4 rings (SSSR count). The van der Waals surface area contributed by atoms with Crippen LogP contribution < -0.4 is 9.83 Å². The molecule has 0 spiro atoms. The molecule has 1 unspecified atom stereocenters. The van der Waals surface area contributed by atoms with Crippen LogP contribution in [0.25, 0.3) is 11.1 Å². The van der Waals surface area contributed by atoms with Crippen LogP contribution in [0, 0.1) is 0 Å². The largest absolute Gasteiger partial charge is 0.439 e. The summed E-state index contributed by atoms with van der Waals surface area (Å²) in [6.07, 6.45) is 8.94. The van der Waals surface area contributed by atoms with Crippen molar-refractivity contribution < 1.29 is 9.09 Å². The summed E-state index contributed by atoms with van der Waals surface area (Å²) in [5.74, 6) is 0.727. The van der Waals surface area contributed by atoms with Crippen molar-refractivity contribution in [3.8, 4) is 16.9 Å². The van der Waals surface area contributed by atoms with E-state index in [1.807, 2.05) is 48.5 Å². The molecule has 1 aliphatic heterocycles. The predicted molar refractivity (Wildman–Crippen MR) is 91.1 cm³/mol.